The first kappa shape index (κ1) is 16.9. The fourth-order valence-corrected chi connectivity index (χ4v) is 3.25. The summed E-state index contributed by atoms with van der Waals surface area (Å²) in [7, 11) is 2.05. The predicted octanol–water partition coefficient (Wildman–Crippen LogP) is -0.460. The molecule has 24 heavy (non-hydrogen) atoms. The van der Waals surface area contributed by atoms with E-state index in [1.807, 2.05) is 7.05 Å². The molecule has 2 N–H and O–H groups in total. The van der Waals surface area contributed by atoms with Gasteiger partial charge in [-0.25, -0.2) is 4.79 Å². The second-order valence-corrected chi connectivity index (χ2v) is 6.61. The zero-order valence-electron chi connectivity index (χ0n) is 13.9. The van der Waals surface area contributed by atoms with Gasteiger partial charge in [0.1, 0.15) is 5.56 Å². The van der Waals surface area contributed by atoms with Gasteiger partial charge in [-0.15, -0.1) is 0 Å². The molecule has 0 saturated carbocycles. The molecular formula is C16H24N4O4. The fourth-order valence-electron chi connectivity index (χ4n) is 3.25. The largest absolute Gasteiger partial charge is 0.376 e. The number of H-pyrrole nitrogens is 1. The van der Waals surface area contributed by atoms with Crippen molar-refractivity contribution in [2.75, 3.05) is 26.7 Å². The van der Waals surface area contributed by atoms with Crippen LogP contribution in [0.3, 0.4) is 0 Å². The molecule has 0 spiro atoms. The van der Waals surface area contributed by atoms with Crippen molar-refractivity contribution in [2.45, 2.75) is 44.4 Å². The number of ether oxygens (including phenoxy) is 1. The number of nitrogens with one attached hydrogen (secondary N) is 2. The number of aromatic amines is 1. The van der Waals surface area contributed by atoms with Crippen LogP contribution < -0.4 is 16.6 Å². The molecule has 1 aromatic rings. The average Bonchev–Trinajstić information content (AvgIpc) is 3.06. The van der Waals surface area contributed by atoms with Crippen LogP contribution in [0.15, 0.2) is 15.8 Å². The van der Waals surface area contributed by atoms with Crippen LogP contribution >= 0.6 is 0 Å². The van der Waals surface area contributed by atoms with Crippen LogP contribution in [-0.2, 0) is 11.3 Å². The Balaban J connectivity index is 1.74. The van der Waals surface area contributed by atoms with E-state index in [2.05, 4.69) is 15.2 Å². The van der Waals surface area contributed by atoms with Gasteiger partial charge in [0, 0.05) is 18.8 Å². The lowest BCUT2D eigenvalue weighted by Crippen LogP contribution is -2.47. The molecule has 132 valence electrons. The van der Waals surface area contributed by atoms with Crippen LogP contribution in [0.1, 0.15) is 36.0 Å². The molecule has 1 aromatic heterocycles. The molecule has 0 aliphatic carbocycles. The minimum Gasteiger partial charge on any atom is -0.376 e. The smallest absolute Gasteiger partial charge is 0.328 e. The highest BCUT2D eigenvalue weighted by Gasteiger charge is 2.23. The van der Waals surface area contributed by atoms with E-state index in [-0.39, 0.29) is 24.3 Å². The topological polar surface area (TPSA) is 96.4 Å². The lowest BCUT2D eigenvalue weighted by atomic mass is 10.1. The molecule has 8 heteroatoms. The Bertz CT molecular complexity index is 697. The Morgan fingerprint density at radius 2 is 2.08 bits per heavy atom. The van der Waals surface area contributed by atoms with E-state index < -0.39 is 17.2 Å². The van der Waals surface area contributed by atoms with Gasteiger partial charge in [0.05, 0.1) is 12.6 Å². The minimum atomic E-state index is -0.556. The van der Waals surface area contributed by atoms with Crippen LogP contribution in [-0.4, -0.2) is 59.2 Å². The number of hydrogen-bond acceptors (Lipinski definition) is 5. The van der Waals surface area contributed by atoms with Crippen molar-refractivity contribution in [1.29, 1.82) is 0 Å². The zero-order chi connectivity index (χ0) is 17.1. The summed E-state index contributed by atoms with van der Waals surface area (Å²) in [5, 5.41) is 2.90. The summed E-state index contributed by atoms with van der Waals surface area (Å²) in [6.45, 7) is 2.66. The van der Waals surface area contributed by atoms with Crippen molar-refractivity contribution in [3.05, 3.63) is 32.6 Å². The third-order valence-electron chi connectivity index (χ3n) is 4.77. The summed E-state index contributed by atoms with van der Waals surface area (Å²) < 4.78 is 6.55. The number of amides is 1. The van der Waals surface area contributed by atoms with Crippen LogP contribution in [0.5, 0.6) is 0 Å². The van der Waals surface area contributed by atoms with E-state index >= 15 is 0 Å². The Kier molecular flexibility index (Phi) is 5.15. The van der Waals surface area contributed by atoms with E-state index in [0.717, 1.165) is 43.3 Å². The summed E-state index contributed by atoms with van der Waals surface area (Å²) in [5.41, 5.74) is -1.09. The Morgan fingerprint density at radius 1 is 1.33 bits per heavy atom. The lowest BCUT2D eigenvalue weighted by molar-refractivity contribution is 0.0899. The molecule has 2 saturated heterocycles. The number of hydrogen-bond donors (Lipinski definition) is 2. The average molecular weight is 336 g/mol. The standard InChI is InChI=1S/C16H24N4O4/c1-19-6-4-11(5-7-19)18-14(21)13-9-17-16(23)20(15(13)22)10-12-3-2-8-24-12/h9,11-12H,2-8,10H2,1H3,(H,17,23)(H,18,21). The molecule has 0 radical (unpaired) electrons. The number of rotatable bonds is 4. The normalized spacial score (nSPS) is 22.6. The predicted molar refractivity (Wildman–Crippen MR) is 88.3 cm³/mol. The second-order valence-electron chi connectivity index (χ2n) is 6.61. The number of carbonyl (C=O) groups is 1. The van der Waals surface area contributed by atoms with E-state index in [1.54, 1.807) is 0 Å². The molecular weight excluding hydrogens is 312 g/mol. The lowest BCUT2D eigenvalue weighted by Gasteiger charge is -2.29. The molecule has 0 bridgehead atoms. The van der Waals surface area contributed by atoms with Gasteiger partial charge in [0.2, 0.25) is 0 Å². The summed E-state index contributed by atoms with van der Waals surface area (Å²) in [5.74, 6) is -0.424. The van der Waals surface area contributed by atoms with Crippen molar-refractivity contribution in [2.24, 2.45) is 0 Å². The van der Waals surface area contributed by atoms with Gasteiger partial charge in [0.15, 0.2) is 0 Å². The first-order valence-electron chi connectivity index (χ1n) is 8.48. The third-order valence-corrected chi connectivity index (χ3v) is 4.77. The van der Waals surface area contributed by atoms with Gasteiger partial charge < -0.3 is 19.9 Å². The van der Waals surface area contributed by atoms with Gasteiger partial charge >= 0.3 is 5.69 Å². The summed E-state index contributed by atoms with van der Waals surface area (Å²) >= 11 is 0. The van der Waals surface area contributed by atoms with Crippen molar-refractivity contribution >= 4 is 5.91 Å². The third kappa shape index (κ3) is 3.76. The Hall–Kier alpha value is -1.93. The zero-order valence-corrected chi connectivity index (χ0v) is 13.9. The SMILES string of the molecule is CN1CCC(NC(=O)c2c[nH]c(=O)n(CC3CCCO3)c2=O)CC1. The van der Waals surface area contributed by atoms with Crippen molar-refractivity contribution in [1.82, 2.24) is 19.8 Å². The van der Waals surface area contributed by atoms with Crippen molar-refractivity contribution in [3.63, 3.8) is 0 Å². The van der Waals surface area contributed by atoms with Gasteiger partial charge in [0.25, 0.3) is 11.5 Å². The highest BCUT2D eigenvalue weighted by Crippen LogP contribution is 2.12. The monoisotopic (exact) mass is 336 g/mol. The van der Waals surface area contributed by atoms with Gasteiger partial charge in [-0.1, -0.05) is 0 Å². The summed E-state index contributed by atoms with van der Waals surface area (Å²) in [4.78, 5) is 41.6. The summed E-state index contributed by atoms with van der Waals surface area (Å²) in [6.07, 6.45) is 4.52. The fraction of sp³-hybridized carbons (Fsp3) is 0.688. The Labute approximate surface area is 139 Å². The first-order valence-corrected chi connectivity index (χ1v) is 8.48. The second kappa shape index (κ2) is 7.31. The molecule has 2 aliphatic heterocycles. The number of piperidine rings is 1. The van der Waals surface area contributed by atoms with Gasteiger partial charge in [-0.05, 0) is 45.8 Å². The Morgan fingerprint density at radius 3 is 2.75 bits per heavy atom. The molecule has 1 amide bonds. The number of nitrogens with zero attached hydrogens (tertiary/aromatic N) is 2. The minimum absolute atomic E-state index is 0.0217. The van der Waals surface area contributed by atoms with Crippen LogP contribution in [0.25, 0.3) is 0 Å². The molecule has 1 atom stereocenters. The maximum atomic E-state index is 12.5. The van der Waals surface area contributed by atoms with E-state index in [1.165, 1.54) is 6.20 Å². The molecule has 2 aliphatic rings. The van der Waals surface area contributed by atoms with E-state index in [9.17, 15) is 14.4 Å². The summed E-state index contributed by atoms with van der Waals surface area (Å²) in [6, 6.07) is 0.0617. The van der Waals surface area contributed by atoms with Crippen molar-refractivity contribution in [3.8, 4) is 0 Å². The molecule has 2 fully saturated rings. The molecule has 0 aromatic carbocycles. The van der Waals surface area contributed by atoms with Crippen LogP contribution in [0.4, 0.5) is 0 Å². The molecule has 1 unspecified atom stereocenters. The first-order chi connectivity index (χ1) is 11.5. The quantitative estimate of drug-likeness (QED) is 0.776. The van der Waals surface area contributed by atoms with Crippen LogP contribution in [0.2, 0.25) is 0 Å². The van der Waals surface area contributed by atoms with Crippen molar-refractivity contribution < 1.29 is 9.53 Å². The highest BCUT2D eigenvalue weighted by atomic mass is 16.5. The van der Waals surface area contributed by atoms with Crippen LogP contribution in [0, 0.1) is 0 Å². The highest BCUT2D eigenvalue weighted by molar-refractivity contribution is 5.93. The van der Waals surface area contributed by atoms with Gasteiger partial charge in [-0.2, -0.15) is 0 Å². The molecule has 3 rings (SSSR count). The van der Waals surface area contributed by atoms with Gasteiger partial charge in [-0.3, -0.25) is 14.2 Å². The van der Waals surface area contributed by atoms with E-state index in [4.69, 9.17) is 4.74 Å². The maximum Gasteiger partial charge on any atom is 0.328 e. The number of aromatic nitrogens is 2. The number of likely N-dealkylation sites (tertiary alicyclic amines) is 1. The number of carbonyl (C=O) groups excluding carboxylic acids is 1. The maximum absolute atomic E-state index is 12.5. The molecule has 3 heterocycles. The molecule has 8 nitrogen and oxygen atoms in total. The van der Waals surface area contributed by atoms with E-state index in [0.29, 0.717) is 6.61 Å².